The van der Waals surface area contributed by atoms with Crippen molar-refractivity contribution in [3.05, 3.63) is 11.5 Å². The van der Waals surface area contributed by atoms with Crippen LogP contribution in [0.15, 0.2) is 11.5 Å². The van der Waals surface area contributed by atoms with E-state index in [1.807, 2.05) is 0 Å². The van der Waals surface area contributed by atoms with Gasteiger partial charge in [0.15, 0.2) is 0 Å². The highest BCUT2D eigenvalue weighted by Crippen LogP contribution is 1.82. The van der Waals surface area contributed by atoms with Gasteiger partial charge in [0, 0.05) is 6.08 Å². The van der Waals surface area contributed by atoms with Gasteiger partial charge in [0.2, 0.25) is 0 Å². The summed E-state index contributed by atoms with van der Waals surface area (Å²) in [5.74, 6) is -1.42. The Labute approximate surface area is 51.4 Å². The molecule has 52 valence electrons. The molecule has 0 unspecified atom stereocenters. The normalized spacial score (nSPS) is 12.1. The van der Waals surface area contributed by atoms with Crippen LogP contribution in [-0.2, 0) is 14.9 Å². The van der Waals surface area contributed by atoms with Crippen molar-refractivity contribution in [2.24, 2.45) is 0 Å². The van der Waals surface area contributed by atoms with E-state index in [9.17, 15) is 13.2 Å². The summed E-state index contributed by atoms with van der Waals surface area (Å²) in [6, 6.07) is 0. The topological polar surface area (TPSA) is 91.7 Å². The van der Waals surface area contributed by atoms with Crippen molar-refractivity contribution in [2.75, 3.05) is 0 Å². The lowest BCUT2D eigenvalue weighted by Crippen LogP contribution is -1.93. The highest BCUT2D eigenvalue weighted by molar-refractivity contribution is 7.88. The zero-order valence-electron chi connectivity index (χ0n) is 4.18. The Bertz CT molecular complexity index is 223. The Hall–Kier alpha value is -0.880. The molecule has 0 amide bonds. The van der Waals surface area contributed by atoms with Crippen molar-refractivity contribution >= 4 is 16.1 Å². The van der Waals surface area contributed by atoms with Crippen molar-refractivity contribution in [1.82, 2.24) is 0 Å². The molecule has 0 aliphatic heterocycles. The molecule has 0 heterocycles. The number of carboxylic acids is 1. The number of hydrogen-bond acceptors (Lipinski definition) is 3. The van der Waals surface area contributed by atoms with E-state index in [4.69, 9.17) is 9.66 Å². The highest BCUT2D eigenvalue weighted by Gasteiger charge is 1.96. The number of carbonyl (C=O) groups is 1. The second kappa shape index (κ2) is 2.60. The maximum atomic E-state index is 9.74. The molecule has 0 aliphatic carbocycles. The molecule has 0 rings (SSSR count). The van der Waals surface area contributed by atoms with Crippen LogP contribution < -0.4 is 0 Å². The molecule has 0 atom stereocenters. The van der Waals surface area contributed by atoms with Crippen molar-refractivity contribution in [2.45, 2.75) is 0 Å². The van der Waals surface area contributed by atoms with Crippen molar-refractivity contribution in [3.63, 3.8) is 0 Å². The quantitative estimate of drug-likeness (QED) is 0.410. The molecule has 0 aromatic rings. The third kappa shape index (κ3) is 7.12. The lowest BCUT2D eigenvalue weighted by molar-refractivity contribution is -0.131. The largest absolute Gasteiger partial charge is 0.478 e. The maximum Gasteiger partial charge on any atom is 0.329 e. The van der Waals surface area contributed by atoms with Gasteiger partial charge in [-0.2, -0.15) is 8.42 Å². The third-order valence-corrected chi connectivity index (χ3v) is 0.863. The molecule has 2 N–H and O–H groups in total. The molecule has 0 radical (unpaired) electrons. The van der Waals surface area contributed by atoms with Gasteiger partial charge < -0.3 is 5.11 Å². The summed E-state index contributed by atoms with van der Waals surface area (Å²) < 4.78 is 27.4. The van der Waals surface area contributed by atoms with E-state index in [1.54, 1.807) is 0 Å². The molecule has 0 aliphatic rings. The minimum Gasteiger partial charge on any atom is -0.478 e. The molecule has 0 aromatic carbocycles. The van der Waals surface area contributed by atoms with Crippen LogP contribution >= 0.6 is 0 Å². The summed E-state index contributed by atoms with van der Waals surface area (Å²) in [7, 11) is -4.28. The number of carboxylic acid groups (broad SMARTS) is 1. The summed E-state index contributed by atoms with van der Waals surface area (Å²) in [6.07, 6.45) is 0.329. The standard InChI is InChI=1S/C3H4O5S/c4-3(5)1-2-9(6,7)8/h1-2H,(H,4,5)(H,6,7,8)/b2-1+. The van der Waals surface area contributed by atoms with Crippen LogP contribution in [0, 0.1) is 0 Å². The Kier molecular flexibility index (Phi) is 2.35. The van der Waals surface area contributed by atoms with Gasteiger partial charge >= 0.3 is 5.97 Å². The first-order chi connectivity index (χ1) is 3.92. The smallest absolute Gasteiger partial charge is 0.329 e. The van der Waals surface area contributed by atoms with E-state index in [-0.39, 0.29) is 5.41 Å². The van der Waals surface area contributed by atoms with Gasteiger partial charge in [-0.05, 0) is 0 Å². The first-order valence-electron chi connectivity index (χ1n) is 1.80. The van der Waals surface area contributed by atoms with Crippen LogP contribution in [-0.4, -0.2) is 24.0 Å². The van der Waals surface area contributed by atoms with Crippen LogP contribution in [0.3, 0.4) is 0 Å². The van der Waals surface area contributed by atoms with Crippen LogP contribution in [0.25, 0.3) is 0 Å². The van der Waals surface area contributed by atoms with Gasteiger partial charge in [-0.15, -0.1) is 0 Å². The molecule has 0 bridgehead atoms. The lowest BCUT2D eigenvalue weighted by atomic mass is 10.7. The summed E-state index contributed by atoms with van der Waals surface area (Å²) in [5.41, 5.74) is 0. The predicted octanol–water partition coefficient (Wildman–Crippen LogP) is -0.527. The zero-order valence-corrected chi connectivity index (χ0v) is 5.00. The first kappa shape index (κ1) is 8.12. The average molecular weight is 152 g/mol. The minimum atomic E-state index is -4.28. The molecule has 9 heavy (non-hydrogen) atoms. The Morgan fingerprint density at radius 3 is 2.00 bits per heavy atom. The Morgan fingerprint density at radius 2 is 1.89 bits per heavy atom. The predicted molar refractivity (Wildman–Crippen MR) is 28.3 cm³/mol. The minimum absolute atomic E-state index is 0.190. The van der Waals surface area contributed by atoms with Crippen LogP contribution in [0.4, 0.5) is 0 Å². The summed E-state index contributed by atoms with van der Waals surface area (Å²) in [5, 5.41) is 8.00. The van der Waals surface area contributed by atoms with Gasteiger partial charge in [-0.3, -0.25) is 4.55 Å². The molecule has 6 heteroatoms. The summed E-state index contributed by atoms with van der Waals surface area (Å²) in [4.78, 5) is 9.58. The average Bonchev–Trinajstić information content (AvgIpc) is 1.59. The van der Waals surface area contributed by atoms with Crippen LogP contribution in [0.5, 0.6) is 0 Å². The Balaban J connectivity index is 4.21. The van der Waals surface area contributed by atoms with E-state index in [0.717, 1.165) is 0 Å². The van der Waals surface area contributed by atoms with Gasteiger partial charge in [0.05, 0.1) is 5.41 Å². The van der Waals surface area contributed by atoms with E-state index in [0.29, 0.717) is 6.08 Å². The fraction of sp³-hybridized carbons (Fsp3) is 0. The van der Waals surface area contributed by atoms with Crippen LogP contribution in [0.1, 0.15) is 0 Å². The first-order valence-corrected chi connectivity index (χ1v) is 3.30. The van der Waals surface area contributed by atoms with Gasteiger partial charge in [-0.25, -0.2) is 4.79 Å². The highest BCUT2D eigenvalue weighted by atomic mass is 32.2. The second-order valence-corrected chi connectivity index (χ2v) is 2.46. The molecular weight excluding hydrogens is 148 g/mol. The number of rotatable bonds is 2. The maximum absolute atomic E-state index is 9.74. The second-order valence-electron chi connectivity index (χ2n) is 1.16. The van der Waals surface area contributed by atoms with E-state index >= 15 is 0 Å². The third-order valence-electron chi connectivity index (χ3n) is 0.383. The molecule has 0 fully saturated rings. The molecule has 0 spiro atoms. The van der Waals surface area contributed by atoms with Gasteiger partial charge in [-0.1, -0.05) is 0 Å². The van der Waals surface area contributed by atoms with Gasteiger partial charge in [0.1, 0.15) is 0 Å². The molecular formula is C3H4O5S. The summed E-state index contributed by atoms with van der Waals surface area (Å²) in [6.45, 7) is 0. The summed E-state index contributed by atoms with van der Waals surface area (Å²) >= 11 is 0. The lowest BCUT2D eigenvalue weighted by Gasteiger charge is -1.79. The van der Waals surface area contributed by atoms with E-state index in [2.05, 4.69) is 0 Å². The van der Waals surface area contributed by atoms with Crippen molar-refractivity contribution in [1.29, 1.82) is 0 Å². The molecule has 5 nitrogen and oxygen atoms in total. The van der Waals surface area contributed by atoms with E-state index in [1.165, 1.54) is 0 Å². The zero-order chi connectivity index (χ0) is 7.49. The fourth-order valence-electron chi connectivity index (χ4n) is 0.144. The molecule has 0 saturated heterocycles. The Morgan fingerprint density at radius 1 is 1.44 bits per heavy atom. The van der Waals surface area contributed by atoms with Crippen molar-refractivity contribution < 1.29 is 22.9 Å². The fourth-order valence-corrected chi connectivity index (χ4v) is 0.433. The van der Waals surface area contributed by atoms with Gasteiger partial charge in [0.25, 0.3) is 10.1 Å². The van der Waals surface area contributed by atoms with Crippen molar-refractivity contribution in [3.8, 4) is 0 Å². The molecule has 0 saturated carbocycles. The molecule has 0 aromatic heterocycles. The number of hydrogen-bond donors (Lipinski definition) is 2. The number of aliphatic carboxylic acids is 1. The monoisotopic (exact) mass is 152 g/mol. The van der Waals surface area contributed by atoms with Crippen LogP contribution in [0.2, 0.25) is 0 Å². The van der Waals surface area contributed by atoms with E-state index < -0.39 is 16.1 Å². The SMILES string of the molecule is O=C(O)/C=C/S(=O)(=O)O.